The minimum absolute atomic E-state index is 0.0257. The molecule has 6 heteroatoms. The molecule has 1 amide bonds. The number of carbonyl (C=O) groups is 2. The number of likely N-dealkylation sites (N-methyl/N-ethyl adjacent to an activating group) is 1. The molecule has 6 nitrogen and oxygen atoms in total. The molecule has 3 aromatic carbocycles. The number of carboxylic acid groups (broad SMARTS) is 1. The van der Waals surface area contributed by atoms with Gasteiger partial charge >= 0.3 is 5.97 Å². The molecule has 35 heavy (non-hydrogen) atoms. The first-order valence-electron chi connectivity index (χ1n) is 11.5. The van der Waals surface area contributed by atoms with Gasteiger partial charge in [0, 0.05) is 36.8 Å². The lowest BCUT2D eigenvalue weighted by molar-refractivity contribution is -0.131. The highest BCUT2D eigenvalue weighted by Gasteiger charge is 2.16. The van der Waals surface area contributed by atoms with Crippen LogP contribution in [0.25, 0.3) is 17.0 Å². The Bertz CT molecular complexity index is 1330. The van der Waals surface area contributed by atoms with Crippen LogP contribution in [0.15, 0.2) is 91.1 Å². The minimum Gasteiger partial charge on any atom is -0.488 e. The zero-order valence-corrected chi connectivity index (χ0v) is 19.6. The fourth-order valence-corrected chi connectivity index (χ4v) is 3.96. The number of aliphatic carboxylic acids is 1. The molecule has 4 rings (SSSR count). The quantitative estimate of drug-likeness (QED) is 0.332. The van der Waals surface area contributed by atoms with Crippen molar-refractivity contribution in [3.8, 4) is 5.75 Å². The largest absolute Gasteiger partial charge is 0.488 e. The van der Waals surface area contributed by atoms with Gasteiger partial charge in [-0.1, -0.05) is 66.7 Å². The standard InChI is InChI=1S/C29H28N2O4/c1-30(18-17-22-9-4-2-5-10-22)27(32)20-31-19-24(15-16-28(33)34)29-25(31)13-8-14-26(29)35-21-23-11-6-3-7-12-23/h2-16,19H,17-18,20-21H2,1H3,(H,33,34)/b16-15+. The molecule has 0 atom stereocenters. The number of benzene rings is 3. The summed E-state index contributed by atoms with van der Waals surface area (Å²) in [7, 11) is 1.80. The highest BCUT2D eigenvalue weighted by molar-refractivity contribution is 5.98. The second-order valence-corrected chi connectivity index (χ2v) is 8.36. The Labute approximate surface area is 204 Å². The number of aromatic nitrogens is 1. The highest BCUT2D eigenvalue weighted by Crippen LogP contribution is 2.32. The van der Waals surface area contributed by atoms with Crippen LogP contribution in [0.2, 0.25) is 0 Å². The summed E-state index contributed by atoms with van der Waals surface area (Å²) in [6.07, 6.45) is 5.23. The van der Waals surface area contributed by atoms with Crippen molar-refractivity contribution in [1.29, 1.82) is 0 Å². The Morgan fingerprint density at radius 2 is 1.63 bits per heavy atom. The lowest BCUT2D eigenvalue weighted by Gasteiger charge is -2.18. The third-order valence-corrected chi connectivity index (χ3v) is 5.85. The summed E-state index contributed by atoms with van der Waals surface area (Å²) in [4.78, 5) is 25.9. The number of hydrogen-bond acceptors (Lipinski definition) is 3. The third kappa shape index (κ3) is 6.18. The first kappa shape index (κ1) is 23.8. The number of rotatable bonds is 10. The number of carboxylic acids is 1. The van der Waals surface area contributed by atoms with Gasteiger partial charge in [-0.25, -0.2) is 4.79 Å². The summed E-state index contributed by atoms with van der Waals surface area (Å²) in [6.45, 7) is 1.14. The summed E-state index contributed by atoms with van der Waals surface area (Å²) >= 11 is 0. The lowest BCUT2D eigenvalue weighted by Crippen LogP contribution is -2.31. The van der Waals surface area contributed by atoms with Gasteiger partial charge in [-0.3, -0.25) is 4.79 Å². The Morgan fingerprint density at radius 1 is 0.943 bits per heavy atom. The van der Waals surface area contributed by atoms with Crippen molar-refractivity contribution in [3.05, 3.63) is 108 Å². The maximum Gasteiger partial charge on any atom is 0.328 e. The zero-order valence-electron chi connectivity index (χ0n) is 19.6. The molecule has 0 saturated carbocycles. The molecule has 0 radical (unpaired) electrons. The van der Waals surface area contributed by atoms with E-state index >= 15 is 0 Å². The second-order valence-electron chi connectivity index (χ2n) is 8.36. The maximum atomic E-state index is 13.0. The molecular formula is C29H28N2O4. The highest BCUT2D eigenvalue weighted by atomic mass is 16.5. The molecule has 0 aliphatic carbocycles. The fraction of sp³-hybridized carbons (Fsp3) is 0.172. The Hall–Kier alpha value is -4.32. The number of nitrogens with zero attached hydrogens (tertiary/aromatic N) is 2. The van der Waals surface area contributed by atoms with E-state index in [-0.39, 0.29) is 12.5 Å². The number of ether oxygens (including phenoxy) is 1. The van der Waals surface area contributed by atoms with Crippen molar-refractivity contribution in [2.45, 2.75) is 19.6 Å². The summed E-state index contributed by atoms with van der Waals surface area (Å²) < 4.78 is 7.97. The van der Waals surface area contributed by atoms with Gasteiger partial charge in [0.25, 0.3) is 0 Å². The van der Waals surface area contributed by atoms with Crippen LogP contribution in [0.5, 0.6) is 5.75 Å². The van der Waals surface area contributed by atoms with Gasteiger partial charge in [-0.2, -0.15) is 0 Å². The van der Waals surface area contributed by atoms with Crippen LogP contribution in [0.3, 0.4) is 0 Å². The van der Waals surface area contributed by atoms with Gasteiger partial charge in [-0.05, 0) is 35.8 Å². The van der Waals surface area contributed by atoms with E-state index in [4.69, 9.17) is 9.84 Å². The number of fused-ring (bicyclic) bond motifs is 1. The molecule has 178 valence electrons. The normalized spacial score (nSPS) is 11.1. The minimum atomic E-state index is -1.04. The van der Waals surface area contributed by atoms with Crippen LogP contribution in [0.4, 0.5) is 0 Å². The van der Waals surface area contributed by atoms with E-state index in [0.717, 1.165) is 29.0 Å². The smallest absolute Gasteiger partial charge is 0.328 e. The molecule has 1 heterocycles. The van der Waals surface area contributed by atoms with Gasteiger partial charge in [0.05, 0.1) is 5.52 Å². The van der Waals surface area contributed by atoms with Crippen LogP contribution in [0, 0.1) is 0 Å². The molecule has 1 aromatic heterocycles. The van der Waals surface area contributed by atoms with Crippen molar-refractivity contribution in [3.63, 3.8) is 0 Å². The number of carbonyl (C=O) groups excluding carboxylic acids is 1. The average molecular weight is 469 g/mol. The topological polar surface area (TPSA) is 71.8 Å². The fourth-order valence-electron chi connectivity index (χ4n) is 3.96. The SMILES string of the molecule is CN(CCc1ccccc1)C(=O)Cn1cc(/C=C/C(=O)O)c2c(OCc3ccccc3)cccc21. The van der Waals surface area contributed by atoms with Gasteiger partial charge in [-0.15, -0.1) is 0 Å². The molecule has 0 saturated heterocycles. The predicted molar refractivity (Wildman–Crippen MR) is 137 cm³/mol. The molecule has 1 N–H and O–H groups in total. The number of hydrogen-bond donors (Lipinski definition) is 1. The Kier molecular flexibility index (Phi) is 7.63. The maximum absolute atomic E-state index is 13.0. The molecule has 0 bridgehead atoms. The van der Waals surface area contributed by atoms with Crippen molar-refractivity contribution < 1.29 is 19.4 Å². The summed E-state index contributed by atoms with van der Waals surface area (Å²) in [5, 5.41) is 9.94. The van der Waals surface area contributed by atoms with Crippen molar-refractivity contribution in [2.75, 3.05) is 13.6 Å². The lowest BCUT2D eigenvalue weighted by atomic mass is 10.1. The molecule has 4 aromatic rings. The van der Waals surface area contributed by atoms with E-state index in [2.05, 4.69) is 12.1 Å². The summed E-state index contributed by atoms with van der Waals surface area (Å²) in [5.74, 6) is -0.424. The van der Waals surface area contributed by atoms with Crippen LogP contribution in [-0.4, -0.2) is 40.0 Å². The monoisotopic (exact) mass is 468 g/mol. The first-order chi connectivity index (χ1) is 17.0. The molecular weight excluding hydrogens is 440 g/mol. The van der Waals surface area contributed by atoms with Crippen LogP contribution >= 0.6 is 0 Å². The van der Waals surface area contributed by atoms with E-state index in [0.29, 0.717) is 24.5 Å². The van der Waals surface area contributed by atoms with E-state index in [9.17, 15) is 9.59 Å². The predicted octanol–water partition coefficient (Wildman–Crippen LogP) is 5.02. The Balaban J connectivity index is 1.57. The summed E-state index contributed by atoms with van der Waals surface area (Å²) in [6, 6.07) is 25.6. The van der Waals surface area contributed by atoms with E-state index in [1.165, 1.54) is 5.56 Å². The molecule has 0 aliphatic rings. The molecule has 0 aliphatic heterocycles. The summed E-state index contributed by atoms with van der Waals surface area (Å²) in [5.41, 5.74) is 3.71. The molecule has 0 fully saturated rings. The van der Waals surface area contributed by atoms with Gasteiger partial charge in [0.15, 0.2) is 0 Å². The van der Waals surface area contributed by atoms with Gasteiger partial charge in [0.1, 0.15) is 18.9 Å². The molecule has 0 unspecified atom stereocenters. The average Bonchev–Trinajstić information content (AvgIpc) is 3.23. The van der Waals surface area contributed by atoms with Gasteiger partial charge < -0.3 is 19.3 Å². The van der Waals surface area contributed by atoms with Crippen LogP contribution < -0.4 is 4.74 Å². The molecule has 0 spiro atoms. The second kappa shape index (κ2) is 11.2. The van der Waals surface area contributed by atoms with E-state index in [1.54, 1.807) is 18.0 Å². The van der Waals surface area contributed by atoms with Crippen LogP contribution in [0.1, 0.15) is 16.7 Å². The van der Waals surface area contributed by atoms with E-state index < -0.39 is 5.97 Å². The number of amides is 1. The van der Waals surface area contributed by atoms with Crippen molar-refractivity contribution in [1.82, 2.24) is 9.47 Å². The van der Waals surface area contributed by atoms with Crippen LogP contribution in [-0.2, 0) is 29.2 Å². The van der Waals surface area contributed by atoms with Gasteiger partial charge in [0.2, 0.25) is 5.91 Å². The van der Waals surface area contributed by atoms with E-state index in [1.807, 2.05) is 77.5 Å². The third-order valence-electron chi connectivity index (χ3n) is 5.85. The van der Waals surface area contributed by atoms with Crippen molar-refractivity contribution in [2.24, 2.45) is 0 Å². The first-order valence-corrected chi connectivity index (χ1v) is 11.5. The zero-order chi connectivity index (χ0) is 24.6. The van der Waals surface area contributed by atoms with Crippen molar-refractivity contribution >= 4 is 28.9 Å². The Morgan fingerprint density at radius 3 is 2.31 bits per heavy atom.